The van der Waals surface area contributed by atoms with E-state index in [0.717, 1.165) is 28.6 Å². The lowest BCUT2D eigenvalue weighted by Crippen LogP contribution is -2.07. The third kappa shape index (κ3) is 5.02. The molecular weight excluding hydrogens is 437 g/mol. The third-order valence-corrected chi connectivity index (χ3v) is 5.11. The number of esters is 1. The van der Waals surface area contributed by atoms with Gasteiger partial charge in [0, 0.05) is 22.7 Å². The molecule has 4 aromatic rings. The van der Waals surface area contributed by atoms with Crippen LogP contribution in [0.15, 0.2) is 53.1 Å². The number of nitrogens with one attached hydrogen (secondary N) is 1. The Bertz CT molecular complexity index is 1270. The van der Waals surface area contributed by atoms with E-state index in [9.17, 15) is 18.0 Å². The molecule has 0 saturated carbocycles. The quantitative estimate of drug-likeness (QED) is 0.353. The number of hydrogen-bond acceptors (Lipinski definition) is 5. The number of carbonyl (C=O) groups is 1. The van der Waals surface area contributed by atoms with E-state index >= 15 is 0 Å². The first kappa shape index (κ1) is 22.4. The summed E-state index contributed by atoms with van der Waals surface area (Å²) in [5, 5.41) is 0.850. The zero-order valence-corrected chi connectivity index (χ0v) is 18.0. The van der Waals surface area contributed by atoms with Gasteiger partial charge in [-0.1, -0.05) is 0 Å². The zero-order valence-electron chi connectivity index (χ0n) is 18.0. The Labute approximate surface area is 187 Å². The van der Waals surface area contributed by atoms with E-state index in [1.54, 1.807) is 26.1 Å². The van der Waals surface area contributed by atoms with Crippen molar-refractivity contribution < 1.29 is 31.9 Å². The van der Waals surface area contributed by atoms with Crippen LogP contribution >= 0.6 is 0 Å². The topological polar surface area (TPSA) is 77.4 Å². The first-order chi connectivity index (χ1) is 15.7. The highest BCUT2D eigenvalue weighted by Gasteiger charge is 2.30. The number of rotatable bonds is 7. The van der Waals surface area contributed by atoms with E-state index in [0.29, 0.717) is 29.4 Å². The van der Waals surface area contributed by atoms with E-state index in [1.165, 1.54) is 12.1 Å². The predicted octanol–water partition coefficient (Wildman–Crippen LogP) is 5.83. The number of carbonyl (C=O) groups excluding carboxylic acids is 1. The lowest BCUT2D eigenvalue weighted by atomic mass is 10.1. The molecule has 2 aromatic heterocycles. The number of aromatic nitrogens is 2. The highest BCUT2D eigenvalue weighted by molar-refractivity contribution is 5.88. The van der Waals surface area contributed by atoms with Crippen LogP contribution in [0.25, 0.3) is 22.4 Å². The van der Waals surface area contributed by atoms with Gasteiger partial charge in [0.25, 0.3) is 0 Å². The van der Waals surface area contributed by atoms with Gasteiger partial charge in [-0.15, -0.1) is 0 Å². The van der Waals surface area contributed by atoms with Gasteiger partial charge in [-0.2, -0.15) is 13.2 Å². The first-order valence-electron chi connectivity index (χ1n) is 10.3. The molecule has 0 atom stereocenters. The molecule has 2 heterocycles. The van der Waals surface area contributed by atoms with Crippen molar-refractivity contribution in [2.24, 2.45) is 0 Å². The number of ether oxygens (including phenoxy) is 2. The summed E-state index contributed by atoms with van der Waals surface area (Å²) in [6.07, 6.45) is -2.49. The first-order valence-corrected chi connectivity index (χ1v) is 10.3. The summed E-state index contributed by atoms with van der Waals surface area (Å²) in [5.74, 6) is 0.998. The number of oxazole rings is 1. The molecule has 0 spiro atoms. The number of aromatic amines is 1. The van der Waals surface area contributed by atoms with Crippen LogP contribution in [-0.2, 0) is 28.7 Å². The maximum Gasteiger partial charge on any atom is 0.416 e. The lowest BCUT2D eigenvalue weighted by Gasteiger charge is -2.06. The van der Waals surface area contributed by atoms with E-state index in [-0.39, 0.29) is 24.9 Å². The average molecular weight is 458 g/mol. The Morgan fingerprint density at radius 2 is 1.91 bits per heavy atom. The van der Waals surface area contributed by atoms with Crippen molar-refractivity contribution >= 4 is 16.9 Å². The Balaban J connectivity index is 1.48. The SMILES string of the molecule is CCOC(=O)Cc1c[nH]c2ccc(OCc3nc(-c4ccc(C(F)(F)F)cc4)oc3C)cc12. The van der Waals surface area contributed by atoms with Crippen molar-refractivity contribution in [3.8, 4) is 17.2 Å². The molecule has 1 N–H and O–H groups in total. The van der Waals surface area contributed by atoms with Gasteiger partial charge in [0.1, 0.15) is 23.8 Å². The van der Waals surface area contributed by atoms with Crippen LogP contribution in [-0.4, -0.2) is 22.5 Å². The second-order valence-corrected chi connectivity index (χ2v) is 7.39. The zero-order chi connectivity index (χ0) is 23.6. The van der Waals surface area contributed by atoms with Gasteiger partial charge in [0.2, 0.25) is 5.89 Å². The molecule has 0 saturated heterocycles. The average Bonchev–Trinajstić information content (AvgIpc) is 3.35. The van der Waals surface area contributed by atoms with Crippen molar-refractivity contribution in [1.29, 1.82) is 0 Å². The molecule has 0 amide bonds. The van der Waals surface area contributed by atoms with Crippen LogP contribution < -0.4 is 4.74 Å². The second-order valence-electron chi connectivity index (χ2n) is 7.39. The molecule has 0 aliphatic rings. The lowest BCUT2D eigenvalue weighted by molar-refractivity contribution is -0.142. The van der Waals surface area contributed by atoms with Crippen LogP contribution in [0, 0.1) is 6.92 Å². The number of alkyl halides is 3. The molecule has 4 rings (SSSR count). The number of benzene rings is 2. The minimum Gasteiger partial charge on any atom is -0.487 e. The fourth-order valence-electron chi connectivity index (χ4n) is 3.40. The van der Waals surface area contributed by atoms with Gasteiger partial charge < -0.3 is 18.9 Å². The van der Waals surface area contributed by atoms with Crippen molar-refractivity contribution in [2.75, 3.05) is 6.61 Å². The van der Waals surface area contributed by atoms with E-state index in [1.807, 2.05) is 12.1 Å². The molecule has 6 nitrogen and oxygen atoms in total. The fourth-order valence-corrected chi connectivity index (χ4v) is 3.40. The Morgan fingerprint density at radius 1 is 1.15 bits per heavy atom. The van der Waals surface area contributed by atoms with Gasteiger partial charge >= 0.3 is 12.1 Å². The number of nitrogens with zero attached hydrogens (tertiary/aromatic N) is 1. The molecule has 0 aliphatic carbocycles. The van der Waals surface area contributed by atoms with Crippen molar-refractivity contribution in [3.63, 3.8) is 0 Å². The summed E-state index contributed by atoms with van der Waals surface area (Å²) < 4.78 is 54.8. The van der Waals surface area contributed by atoms with Crippen molar-refractivity contribution in [1.82, 2.24) is 9.97 Å². The largest absolute Gasteiger partial charge is 0.487 e. The summed E-state index contributed by atoms with van der Waals surface area (Å²) in [7, 11) is 0. The van der Waals surface area contributed by atoms with Crippen molar-refractivity contribution in [3.05, 3.63) is 71.2 Å². The number of H-pyrrole nitrogens is 1. The van der Waals surface area contributed by atoms with Gasteiger partial charge in [0.05, 0.1) is 18.6 Å². The molecule has 33 heavy (non-hydrogen) atoms. The van der Waals surface area contributed by atoms with Gasteiger partial charge in [-0.25, -0.2) is 4.98 Å². The summed E-state index contributed by atoms with van der Waals surface area (Å²) >= 11 is 0. The monoisotopic (exact) mass is 458 g/mol. The van der Waals surface area contributed by atoms with Crippen LogP contribution in [0.1, 0.15) is 29.5 Å². The summed E-state index contributed by atoms with van der Waals surface area (Å²) in [6.45, 7) is 3.90. The van der Waals surface area contributed by atoms with Gasteiger partial charge in [-0.3, -0.25) is 4.79 Å². The van der Waals surface area contributed by atoms with Gasteiger partial charge in [0.15, 0.2) is 0 Å². The Hall–Kier alpha value is -3.75. The van der Waals surface area contributed by atoms with E-state index < -0.39 is 11.7 Å². The molecule has 0 bridgehead atoms. The minimum atomic E-state index is -4.40. The maximum absolute atomic E-state index is 12.8. The molecule has 172 valence electrons. The molecule has 0 unspecified atom stereocenters. The van der Waals surface area contributed by atoms with Crippen LogP contribution in [0.5, 0.6) is 5.75 Å². The molecule has 2 aromatic carbocycles. The van der Waals surface area contributed by atoms with E-state index in [4.69, 9.17) is 13.9 Å². The minimum absolute atomic E-state index is 0.110. The molecule has 0 fully saturated rings. The van der Waals surface area contributed by atoms with Crippen LogP contribution in [0.4, 0.5) is 13.2 Å². The Kier molecular flexibility index (Phi) is 6.13. The van der Waals surface area contributed by atoms with Gasteiger partial charge in [-0.05, 0) is 61.9 Å². The smallest absolute Gasteiger partial charge is 0.416 e. The molecule has 0 aliphatic heterocycles. The maximum atomic E-state index is 12.8. The Morgan fingerprint density at radius 3 is 2.61 bits per heavy atom. The summed E-state index contributed by atoms with van der Waals surface area (Å²) in [6, 6.07) is 10.1. The van der Waals surface area contributed by atoms with Crippen LogP contribution in [0.3, 0.4) is 0 Å². The highest BCUT2D eigenvalue weighted by atomic mass is 19.4. The molecule has 0 radical (unpaired) electrons. The predicted molar refractivity (Wildman–Crippen MR) is 115 cm³/mol. The number of halogens is 3. The summed E-state index contributed by atoms with van der Waals surface area (Å²) in [4.78, 5) is 19.3. The molecule has 9 heteroatoms. The summed E-state index contributed by atoms with van der Waals surface area (Å²) in [5.41, 5.74) is 1.90. The normalized spacial score (nSPS) is 11.7. The number of aryl methyl sites for hydroxylation is 1. The highest BCUT2D eigenvalue weighted by Crippen LogP contribution is 2.31. The standard InChI is InChI=1S/C24H21F3N2O4/c1-3-31-22(30)10-16-12-28-20-9-8-18(11-19(16)20)32-13-21-14(2)33-23(29-21)15-4-6-17(7-5-15)24(25,26)27/h4-9,11-12,28H,3,10,13H2,1-2H3. The third-order valence-electron chi connectivity index (χ3n) is 5.11. The van der Waals surface area contributed by atoms with E-state index in [2.05, 4.69) is 9.97 Å². The number of fused-ring (bicyclic) bond motifs is 1. The fraction of sp³-hybridized carbons (Fsp3) is 0.250. The number of hydrogen-bond donors (Lipinski definition) is 1. The van der Waals surface area contributed by atoms with Crippen LogP contribution in [0.2, 0.25) is 0 Å². The molecular formula is C24H21F3N2O4. The van der Waals surface area contributed by atoms with Crippen molar-refractivity contribution in [2.45, 2.75) is 33.1 Å². The second kappa shape index (κ2) is 9.01.